The molecule has 0 N–H and O–H groups in total. The molecule has 0 bridgehead atoms. The fraction of sp³-hybridized carbons (Fsp3) is 0.632. The van der Waals surface area contributed by atoms with Crippen LogP contribution in [0.4, 0.5) is 0 Å². The first-order chi connectivity index (χ1) is 12.1. The Morgan fingerprint density at radius 2 is 1.92 bits per heavy atom. The number of amides is 1. The Morgan fingerprint density at radius 3 is 2.60 bits per heavy atom. The van der Waals surface area contributed by atoms with Gasteiger partial charge in [-0.05, 0) is 42.5 Å². The number of thiophene rings is 1. The van der Waals surface area contributed by atoms with E-state index in [9.17, 15) is 4.79 Å². The normalized spacial score (nSPS) is 19.9. The highest BCUT2D eigenvalue weighted by Crippen LogP contribution is 2.42. The topological polar surface area (TPSA) is 51.0 Å². The number of aromatic nitrogens is 3. The molecule has 2 aliphatic rings. The van der Waals surface area contributed by atoms with Gasteiger partial charge in [0.05, 0.1) is 4.88 Å². The van der Waals surface area contributed by atoms with Crippen LogP contribution in [-0.2, 0) is 13.0 Å². The molecule has 5 nitrogen and oxygen atoms in total. The Hall–Kier alpha value is -1.69. The molecule has 1 fully saturated rings. The summed E-state index contributed by atoms with van der Waals surface area (Å²) in [7, 11) is 0. The summed E-state index contributed by atoms with van der Waals surface area (Å²) >= 11 is 1.54. The molecule has 0 radical (unpaired) electrons. The van der Waals surface area contributed by atoms with Gasteiger partial charge in [0.1, 0.15) is 11.6 Å². The molecule has 0 unspecified atom stereocenters. The van der Waals surface area contributed by atoms with Crippen molar-refractivity contribution in [1.82, 2.24) is 19.7 Å². The minimum absolute atomic E-state index is 0.206. The van der Waals surface area contributed by atoms with Crippen LogP contribution in [-0.4, -0.2) is 38.7 Å². The van der Waals surface area contributed by atoms with Crippen molar-refractivity contribution in [3.63, 3.8) is 0 Å². The number of piperidine rings is 1. The van der Waals surface area contributed by atoms with Crippen molar-refractivity contribution in [2.75, 3.05) is 13.1 Å². The van der Waals surface area contributed by atoms with Crippen molar-refractivity contribution < 1.29 is 4.79 Å². The largest absolute Gasteiger partial charge is 0.338 e. The monoisotopic (exact) mass is 358 g/mol. The van der Waals surface area contributed by atoms with Crippen LogP contribution in [0.2, 0.25) is 0 Å². The summed E-state index contributed by atoms with van der Waals surface area (Å²) in [5.41, 5.74) is 0.362. The van der Waals surface area contributed by atoms with Crippen LogP contribution in [0.3, 0.4) is 0 Å². The van der Waals surface area contributed by atoms with Crippen molar-refractivity contribution >= 4 is 17.2 Å². The zero-order chi connectivity index (χ0) is 17.4. The van der Waals surface area contributed by atoms with E-state index in [1.807, 2.05) is 22.4 Å². The zero-order valence-electron chi connectivity index (χ0n) is 15.1. The molecular formula is C19H26N4OS. The quantitative estimate of drug-likeness (QED) is 0.822. The molecule has 2 aromatic heterocycles. The molecule has 0 aromatic carbocycles. The summed E-state index contributed by atoms with van der Waals surface area (Å²) in [6.45, 7) is 7.16. The van der Waals surface area contributed by atoms with E-state index in [0.717, 1.165) is 55.4 Å². The van der Waals surface area contributed by atoms with Crippen LogP contribution in [0.1, 0.15) is 66.8 Å². The van der Waals surface area contributed by atoms with Gasteiger partial charge in [-0.1, -0.05) is 19.9 Å². The van der Waals surface area contributed by atoms with Crippen molar-refractivity contribution in [3.05, 3.63) is 34.0 Å². The van der Waals surface area contributed by atoms with Crippen LogP contribution in [0.5, 0.6) is 0 Å². The highest BCUT2D eigenvalue weighted by molar-refractivity contribution is 7.12. The molecule has 2 aromatic rings. The molecule has 134 valence electrons. The first kappa shape index (κ1) is 16.8. The van der Waals surface area contributed by atoms with Gasteiger partial charge < -0.3 is 9.47 Å². The fourth-order valence-electron chi connectivity index (χ4n) is 4.30. The lowest BCUT2D eigenvalue weighted by Crippen LogP contribution is -2.43. The van der Waals surface area contributed by atoms with E-state index in [2.05, 4.69) is 28.6 Å². The number of hydrogen-bond donors (Lipinski definition) is 0. The van der Waals surface area contributed by atoms with Gasteiger partial charge in [-0.25, -0.2) is 0 Å². The third kappa shape index (κ3) is 3.12. The van der Waals surface area contributed by atoms with E-state index in [1.54, 1.807) is 11.3 Å². The highest BCUT2D eigenvalue weighted by Gasteiger charge is 2.38. The van der Waals surface area contributed by atoms with Gasteiger partial charge in [0.25, 0.3) is 5.91 Å². The number of nitrogens with zero attached hydrogens (tertiary/aromatic N) is 4. The number of aryl methyl sites for hydroxylation is 1. The lowest BCUT2D eigenvalue weighted by atomic mass is 9.72. The zero-order valence-corrected chi connectivity index (χ0v) is 15.9. The first-order valence-electron chi connectivity index (χ1n) is 9.33. The van der Waals surface area contributed by atoms with E-state index in [-0.39, 0.29) is 5.91 Å². The van der Waals surface area contributed by atoms with E-state index >= 15 is 0 Å². The van der Waals surface area contributed by atoms with Crippen molar-refractivity contribution in [3.8, 4) is 0 Å². The number of fused-ring (bicyclic) bond motifs is 1. The van der Waals surface area contributed by atoms with Crippen LogP contribution < -0.4 is 0 Å². The van der Waals surface area contributed by atoms with E-state index in [0.29, 0.717) is 11.3 Å². The van der Waals surface area contributed by atoms with Gasteiger partial charge in [0, 0.05) is 32.0 Å². The minimum atomic E-state index is 0.206. The summed E-state index contributed by atoms with van der Waals surface area (Å²) in [6.07, 6.45) is 5.58. The van der Waals surface area contributed by atoms with Crippen LogP contribution >= 0.6 is 11.3 Å². The molecule has 4 rings (SSSR count). The Bertz CT molecular complexity index is 742. The van der Waals surface area contributed by atoms with E-state index < -0.39 is 0 Å². The number of likely N-dealkylation sites (tertiary alicyclic amines) is 1. The molecule has 2 aliphatic heterocycles. The second-order valence-corrected chi connectivity index (χ2v) is 8.75. The van der Waals surface area contributed by atoms with Gasteiger partial charge in [-0.15, -0.1) is 21.5 Å². The molecule has 1 spiro atoms. The lowest BCUT2D eigenvalue weighted by Gasteiger charge is -2.41. The average molecular weight is 359 g/mol. The minimum Gasteiger partial charge on any atom is -0.338 e. The Balaban J connectivity index is 1.43. The second kappa shape index (κ2) is 6.56. The molecule has 0 saturated carbocycles. The third-order valence-corrected chi connectivity index (χ3v) is 6.82. The molecule has 1 amide bonds. The van der Waals surface area contributed by atoms with Gasteiger partial charge in [0.15, 0.2) is 0 Å². The standard InChI is InChI=1S/C19H26N4OS/c1-14(2)17-21-20-16-5-6-19(9-12-23(16)17)7-10-22(11-8-19)18(24)15-4-3-13-25-15/h3-4,13-14H,5-12H2,1-2H3. The summed E-state index contributed by atoms with van der Waals surface area (Å²) in [5, 5.41) is 10.8. The van der Waals surface area contributed by atoms with Crippen molar-refractivity contribution in [1.29, 1.82) is 0 Å². The molecular weight excluding hydrogens is 332 g/mol. The number of carbonyl (C=O) groups is 1. The molecule has 25 heavy (non-hydrogen) atoms. The third-order valence-electron chi connectivity index (χ3n) is 5.96. The SMILES string of the molecule is CC(C)c1nnc2n1CCC1(CC2)CCN(C(=O)c2cccs2)CC1. The molecule has 4 heterocycles. The maximum Gasteiger partial charge on any atom is 0.263 e. The smallest absolute Gasteiger partial charge is 0.263 e. The molecule has 6 heteroatoms. The van der Waals surface area contributed by atoms with Crippen molar-refractivity contribution in [2.45, 2.75) is 58.4 Å². The molecule has 0 atom stereocenters. The maximum atomic E-state index is 12.6. The van der Waals surface area contributed by atoms with Gasteiger partial charge in [-0.2, -0.15) is 0 Å². The van der Waals surface area contributed by atoms with Crippen LogP contribution in [0, 0.1) is 5.41 Å². The van der Waals surface area contributed by atoms with Gasteiger partial charge in [0.2, 0.25) is 0 Å². The van der Waals surface area contributed by atoms with E-state index in [4.69, 9.17) is 0 Å². The number of rotatable bonds is 2. The Kier molecular flexibility index (Phi) is 4.40. The Labute approximate surface area is 153 Å². The fourth-order valence-corrected chi connectivity index (χ4v) is 4.99. The lowest BCUT2D eigenvalue weighted by molar-refractivity contribution is 0.0539. The highest BCUT2D eigenvalue weighted by atomic mass is 32.1. The Morgan fingerprint density at radius 1 is 1.16 bits per heavy atom. The molecule has 1 saturated heterocycles. The predicted molar refractivity (Wildman–Crippen MR) is 98.9 cm³/mol. The van der Waals surface area contributed by atoms with Gasteiger partial charge in [-0.3, -0.25) is 4.79 Å². The number of hydrogen-bond acceptors (Lipinski definition) is 4. The van der Waals surface area contributed by atoms with E-state index in [1.165, 1.54) is 12.8 Å². The predicted octanol–water partition coefficient (Wildman–Crippen LogP) is 3.72. The van der Waals surface area contributed by atoms with Crippen molar-refractivity contribution in [2.24, 2.45) is 5.41 Å². The number of carbonyl (C=O) groups excluding carboxylic acids is 1. The summed E-state index contributed by atoms with van der Waals surface area (Å²) < 4.78 is 2.35. The maximum absolute atomic E-state index is 12.6. The first-order valence-corrected chi connectivity index (χ1v) is 10.2. The van der Waals surface area contributed by atoms with Crippen LogP contribution in [0.15, 0.2) is 17.5 Å². The summed E-state index contributed by atoms with van der Waals surface area (Å²) in [4.78, 5) is 15.5. The average Bonchev–Trinajstić information content (AvgIpc) is 3.25. The van der Waals surface area contributed by atoms with Gasteiger partial charge >= 0.3 is 0 Å². The second-order valence-electron chi connectivity index (χ2n) is 7.80. The summed E-state index contributed by atoms with van der Waals surface area (Å²) in [5.74, 6) is 2.90. The van der Waals surface area contributed by atoms with Crippen LogP contribution in [0.25, 0.3) is 0 Å². The summed E-state index contributed by atoms with van der Waals surface area (Å²) in [6, 6.07) is 3.89. The molecule has 0 aliphatic carbocycles.